The van der Waals surface area contributed by atoms with E-state index in [-0.39, 0.29) is 6.04 Å². The summed E-state index contributed by atoms with van der Waals surface area (Å²) in [6.07, 6.45) is 1.96. The Balaban J connectivity index is 2.40. The molecule has 2 nitrogen and oxygen atoms in total. The number of rotatable bonds is 0. The predicted molar refractivity (Wildman–Crippen MR) is 63.0 cm³/mol. The van der Waals surface area contributed by atoms with Crippen molar-refractivity contribution in [1.82, 2.24) is 0 Å². The molecule has 0 radical (unpaired) electrons. The molecule has 2 aromatic rings. The lowest BCUT2D eigenvalue weighted by molar-refractivity contribution is 0.865. The molecular weight excluding hydrogens is 184 g/mol. The Morgan fingerprint density at radius 3 is 2.67 bits per heavy atom. The Morgan fingerprint density at radius 2 is 1.80 bits per heavy atom. The minimum atomic E-state index is -0.147. The van der Waals surface area contributed by atoms with Gasteiger partial charge in [0.2, 0.25) is 0 Å². The van der Waals surface area contributed by atoms with Gasteiger partial charge in [0.25, 0.3) is 0 Å². The molecule has 0 aromatic heterocycles. The van der Waals surface area contributed by atoms with Gasteiger partial charge in [-0.2, -0.15) is 0 Å². The Bertz CT molecular complexity index is 570. The zero-order valence-electron chi connectivity index (χ0n) is 8.27. The Morgan fingerprint density at radius 1 is 1.00 bits per heavy atom. The van der Waals surface area contributed by atoms with Gasteiger partial charge in [-0.3, -0.25) is 0 Å². The highest BCUT2D eigenvalue weighted by molar-refractivity contribution is 5.91. The second-order valence-corrected chi connectivity index (χ2v) is 3.91. The Kier molecular flexibility index (Phi) is 1.61. The third-order valence-electron chi connectivity index (χ3n) is 3.00. The van der Waals surface area contributed by atoms with Crippen LogP contribution < -0.4 is 11.5 Å². The third-order valence-corrected chi connectivity index (χ3v) is 3.00. The van der Waals surface area contributed by atoms with Gasteiger partial charge in [-0.15, -0.1) is 0 Å². The summed E-state index contributed by atoms with van der Waals surface area (Å²) >= 11 is 0. The van der Waals surface area contributed by atoms with Gasteiger partial charge in [0.05, 0.1) is 6.04 Å². The number of hydrogen-bond donors (Lipinski definition) is 2. The molecule has 1 atom stereocenters. The maximum atomic E-state index is 6.06. The summed E-state index contributed by atoms with van der Waals surface area (Å²) in [6.45, 7) is 0. The third kappa shape index (κ3) is 1.09. The first-order chi connectivity index (χ1) is 7.27. The summed E-state index contributed by atoms with van der Waals surface area (Å²) < 4.78 is 0. The van der Waals surface area contributed by atoms with Crippen LogP contribution in [0.1, 0.15) is 17.2 Å². The molecule has 0 amide bonds. The van der Waals surface area contributed by atoms with E-state index in [0.29, 0.717) is 0 Å². The molecule has 1 aliphatic rings. The first-order valence-electron chi connectivity index (χ1n) is 5.01. The molecule has 0 bridgehead atoms. The van der Waals surface area contributed by atoms with E-state index in [1.807, 2.05) is 18.2 Å². The highest BCUT2D eigenvalue weighted by atomic mass is 14.8. The number of nitrogens with two attached hydrogens (primary N) is 2. The lowest BCUT2D eigenvalue weighted by Gasteiger charge is -2.10. The van der Waals surface area contributed by atoms with Crippen molar-refractivity contribution in [1.29, 1.82) is 0 Å². The van der Waals surface area contributed by atoms with Crippen LogP contribution in [0, 0.1) is 0 Å². The summed E-state index contributed by atoms with van der Waals surface area (Å²) in [6, 6.07) is 12.3. The summed E-state index contributed by atoms with van der Waals surface area (Å²) in [5.74, 6) is 0. The van der Waals surface area contributed by atoms with Crippen molar-refractivity contribution in [3.63, 3.8) is 0 Å². The first kappa shape index (κ1) is 8.50. The van der Waals surface area contributed by atoms with E-state index in [1.165, 1.54) is 10.8 Å². The molecule has 4 N–H and O–H groups in total. The lowest BCUT2D eigenvalue weighted by atomic mass is 9.98. The van der Waals surface area contributed by atoms with E-state index >= 15 is 0 Å². The summed E-state index contributed by atoms with van der Waals surface area (Å²) in [5.41, 5.74) is 15.0. The topological polar surface area (TPSA) is 52.0 Å². The molecule has 0 aliphatic heterocycles. The van der Waals surface area contributed by atoms with Gasteiger partial charge in [0.15, 0.2) is 0 Å². The van der Waals surface area contributed by atoms with Crippen LogP contribution in [0.3, 0.4) is 0 Å². The molecule has 1 aliphatic carbocycles. The number of hydrogen-bond acceptors (Lipinski definition) is 2. The van der Waals surface area contributed by atoms with Crippen LogP contribution in [0.4, 0.5) is 0 Å². The zero-order valence-corrected chi connectivity index (χ0v) is 8.27. The molecule has 74 valence electrons. The van der Waals surface area contributed by atoms with Crippen LogP contribution in [0.2, 0.25) is 0 Å². The molecule has 0 saturated heterocycles. The molecular formula is C13H12N2. The van der Waals surface area contributed by atoms with Crippen LogP contribution in [0.25, 0.3) is 16.8 Å². The van der Waals surface area contributed by atoms with E-state index in [9.17, 15) is 0 Å². The number of benzene rings is 2. The summed E-state index contributed by atoms with van der Waals surface area (Å²) in [7, 11) is 0. The minimum absolute atomic E-state index is 0.147. The molecule has 2 aromatic carbocycles. The zero-order chi connectivity index (χ0) is 10.4. The van der Waals surface area contributed by atoms with Crippen molar-refractivity contribution < 1.29 is 0 Å². The van der Waals surface area contributed by atoms with Crippen molar-refractivity contribution >= 4 is 16.8 Å². The molecule has 0 fully saturated rings. The van der Waals surface area contributed by atoms with E-state index in [4.69, 9.17) is 11.5 Å². The van der Waals surface area contributed by atoms with Crippen molar-refractivity contribution in [2.45, 2.75) is 6.04 Å². The Hall–Kier alpha value is -1.80. The van der Waals surface area contributed by atoms with Gasteiger partial charge in [0, 0.05) is 5.70 Å². The van der Waals surface area contributed by atoms with Crippen molar-refractivity contribution in [2.24, 2.45) is 11.5 Å². The molecule has 0 spiro atoms. The lowest BCUT2D eigenvalue weighted by Crippen LogP contribution is -2.15. The van der Waals surface area contributed by atoms with E-state index in [0.717, 1.165) is 16.8 Å². The van der Waals surface area contributed by atoms with E-state index in [2.05, 4.69) is 24.3 Å². The van der Waals surface area contributed by atoms with Crippen LogP contribution in [0.5, 0.6) is 0 Å². The van der Waals surface area contributed by atoms with Crippen LogP contribution in [-0.2, 0) is 0 Å². The summed E-state index contributed by atoms with van der Waals surface area (Å²) in [5, 5.41) is 2.43. The molecule has 2 heteroatoms. The van der Waals surface area contributed by atoms with Crippen LogP contribution in [0.15, 0.2) is 42.1 Å². The second kappa shape index (κ2) is 2.84. The van der Waals surface area contributed by atoms with Gasteiger partial charge in [0.1, 0.15) is 0 Å². The van der Waals surface area contributed by atoms with Crippen LogP contribution in [-0.4, -0.2) is 0 Å². The fourth-order valence-electron chi connectivity index (χ4n) is 2.22. The highest BCUT2D eigenvalue weighted by Gasteiger charge is 2.21. The average molecular weight is 196 g/mol. The fraction of sp³-hybridized carbons (Fsp3) is 0.0769. The van der Waals surface area contributed by atoms with E-state index < -0.39 is 0 Å². The standard InChI is InChI=1S/C13H12N2/c14-11-7-9-6-5-8-3-1-2-4-10(8)12(9)13(11)15/h1-7,13H,14-15H2. The normalized spacial score (nSPS) is 19.0. The maximum absolute atomic E-state index is 6.06. The molecule has 3 rings (SSSR count). The van der Waals surface area contributed by atoms with Gasteiger partial charge < -0.3 is 11.5 Å². The second-order valence-electron chi connectivity index (χ2n) is 3.91. The largest absolute Gasteiger partial charge is 0.400 e. The van der Waals surface area contributed by atoms with Crippen LogP contribution >= 0.6 is 0 Å². The van der Waals surface area contributed by atoms with Crippen molar-refractivity contribution in [3.05, 3.63) is 53.2 Å². The van der Waals surface area contributed by atoms with Gasteiger partial charge in [-0.05, 0) is 28.0 Å². The average Bonchev–Trinajstić information content (AvgIpc) is 2.55. The summed E-state index contributed by atoms with van der Waals surface area (Å²) in [4.78, 5) is 0. The number of fused-ring (bicyclic) bond motifs is 3. The molecule has 1 unspecified atom stereocenters. The predicted octanol–water partition coefficient (Wildman–Crippen LogP) is 2.15. The fourth-order valence-corrected chi connectivity index (χ4v) is 2.22. The first-order valence-corrected chi connectivity index (χ1v) is 5.01. The van der Waals surface area contributed by atoms with Gasteiger partial charge in [-0.25, -0.2) is 0 Å². The maximum Gasteiger partial charge on any atom is 0.0710 e. The SMILES string of the molecule is NC1=Cc2ccc3ccccc3c2C1N. The minimum Gasteiger partial charge on any atom is -0.400 e. The molecule has 15 heavy (non-hydrogen) atoms. The highest BCUT2D eigenvalue weighted by Crippen LogP contribution is 2.35. The van der Waals surface area contributed by atoms with Gasteiger partial charge in [-0.1, -0.05) is 36.4 Å². The van der Waals surface area contributed by atoms with Gasteiger partial charge >= 0.3 is 0 Å². The molecule has 0 saturated carbocycles. The Labute approximate surface area is 88.2 Å². The van der Waals surface area contributed by atoms with Crippen molar-refractivity contribution in [2.75, 3.05) is 0 Å². The van der Waals surface area contributed by atoms with Crippen molar-refractivity contribution in [3.8, 4) is 0 Å². The molecule has 0 heterocycles. The quantitative estimate of drug-likeness (QED) is 0.678. The smallest absolute Gasteiger partial charge is 0.0710 e. The monoisotopic (exact) mass is 196 g/mol. The van der Waals surface area contributed by atoms with E-state index in [1.54, 1.807) is 0 Å².